The highest BCUT2D eigenvalue weighted by Gasteiger charge is 2.48. The second kappa shape index (κ2) is 7.63. The highest BCUT2D eigenvalue weighted by molar-refractivity contribution is 5.89. The minimum atomic E-state index is -0.387. The van der Waals surface area contributed by atoms with E-state index in [1.165, 1.54) is 0 Å². The number of hydrogen-bond donors (Lipinski definition) is 2. The molecule has 3 aliphatic heterocycles. The molecule has 0 aromatic heterocycles. The molecular formula is C17H27N3O4. The van der Waals surface area contributed by atoms with Crippen molar-refractivity contribution in [3.05, 3.63) is 12.2 Å². The van der Waals surface area contributed by atoms with Crippen LogP contribution >= 0.6 is 0 Å². The first kappa shape index (κ1) is 17.4. The van der Waals surface area contributed by atoms with Crippen LogP contribution in [0.1, 0.15) is 19.3 Å². The molecule has 0 aromatic carbocycles. The number of amides is 2. The lowest BCUT2D eigenvalue weighted by Crippen LogP contribution is -2.45. The second-order valence-corrected chi connectivity index (χ2v) is 6.98. The van der Waals surface area contributed by atoms with E-state index in [1.54, 1.807) is 6.08 Å². The van der Waals surface area contributed by atoms with Crippen LogP contribution in [0, 0.1) is 5.41 Å². The highest BCUT2D eigenvalue weighted by atomic mass is 16.5. The van der Waals surface area contributed by atoms with Crippen molar-refractivity contribution in [1.29, 1.82) is 0 Å². The van der Waals surface area contributed by atoms with Gasteiger partial charge in [-0.25, -0.2) is 0 Å². The van der Waals surface area contributed by atoms with Crippen LogP contribution in [0.5, 0.6) is 0 Å². The van der Waals surface area contributed by atoms with Gasteiger partial charge in [-0.05, 0) is 19.3 Å². The van der Waals surface area contributed by atoms with Crippen LogP contribution in [-0.2, 0) is 14.3 Å². The van der Waals surface area contributed by atoms with Crippen LogP contribution in [0.2, 0.25) is 0 Å². The van der Waals surface area contributed by atoms with Crippen LogP contribution < -0.4 is 5.32 Å². The third-order valence-electron chi connectivity index (χ3n) is 5.43. The van der Waals surface area contributed by atoms with Gasteiger partial charge < -0.3 is 20.1 Å². The number of carbonyl (C=O) groups is 2. The molecule has 7 nitrogen and oxygen atoms in total. The average Bonchev–Trinajstić information content (AvgIpc) is 2.92. The molecule has 3 aliphatic rings. The first-order valence-electron chi connectivity index (χ1n) is 8.80. The van der Waals surface area contributed by atoms with Crippen LogP contribution in [0.15, 0.2) is 12.2 Å². The summed E-state index contributed by atoms with van der Waals surface area (Å²) in [6.45, 7) is 5.30. The van der Waals surface area contributed by atoms with E-state index in [2.05, 4.69) is 10.2 Å². The van der Waals surface area contributed by atoms with Gasteiger partial charge in [-0.15, -0.1) is 0 Å². The summed E-state index contributed by atoms with van der Waals surface area (Å²) < 4.78 is 5.30. The molecule has 1 atom stereocenters. The van der Waals surface area contributed by atoms with E-state index in [1.807, 2.05) is 11.0 Å². The highest BCUT2D eigenvalue weighted by Crippen LogP contribution is 2.40. The Hall–Kier alpha value is -1.44. The van der Waals surface area contributed by atoms with E-state index in [9.17, 15) is 14.7 Å². The van der Waals surface area contributed by atoms with Gasteiger partial charge >= 0.3 is 0 Å². The lowest BCUT2D eigenvalue weighted by molar-refractivity contribution is -0.135. The van der Waals surface area contributed by atoms with Gasteiger partial charge in [0, 0.05) is 38.8 Å². The lowest BCUT2D eigenvalue weighted by atomic mass is 9.76. The zero-order valence-corrected chi connectivity index (χ0v) is 14.1. The summed E-state index contributed by atoms with van der Waals surface area (Å²) in [7, 11) is 0. The van der Waals surface area contributed by atoms with Crippen LogP contribution in [0.4, 0.5) is 0 Å². The molecular weight excluding hydrogens is 310 g/mol. The summed E-state index contributed by atoms with van der Waals surface area (Å²) in [5.41, 5.74) is -0.387. The SMILES string of the molecule is O=C(/C=C/CN1CCOCC1)N1CCC2(CC1)C[C@H](CO)NC2=O. The number of ether oxygens (including phenoxy) is 1. The minimum absolute atomic E-state index is 0.0135. The van der Waals surface area contributed by atoms with Gasteiger partial charge in [0.1, 0.15) is 0 Å². The second-order valence-electron chi connectivity index (χ2n) is 6.98. The van der Waals surface area contributed by atoms with Crippen molar-refractivity contribution in [3.8, 4) is 0 Å². The molecule has 2 N–H and O–H groups in total. The molecule has 0 aliphatic carbocycles. The zero-order valence-electron chi connectivity index (χ0n) is 14.1. The van der Waals surface area contributed by atoms with Crippen molar-refractivity contribution >= 4 is 11.8 Å². The number of aliphatic hydroxyl groups excluding tert-OH is 1. The molecule has 24 heavy (non-hydrogen) atoms. The number of nitrogens with zero attached hydrogens (tertiary/aromatic N) is 2. The molecule has 0 bridgehead atoms. The first-order chi connectivity index (χ1) is 11.6. The standard InChI is InChI=1S/C17H27N3O4/c21-13-14-12-17(16(23)18-14)3-6-20(7-4-17)15(22)2-1-5-19-8-10-24-11-9-19/h1-2,14,21H,3-13H2,(H,18,23)/b2-1+/t14-/m1/s1. The number of hydrogen-bond acceptors (Lipinski definition) is 5. The molecule has 0 saturated carbocycles. The smallest absolute Gasteiger partial charge is 0.246 e. The molecule has 3 saturated heterocycles. The van der Waals surface area contributed by atoms with Crippen molar-refractivity contribution in [2.24, 2.45) is 5.41 Å². The zero-order chi connectivity index (χ0) is 17.0. The van der Waals surface area contributed by atoms with Gasteiger partial charge in [0.25, 0.3) is 0 Å². The molecule has 0 unspecified atom stereocenters. The number of morpholine rings is 1. The van der Waals surface area contributed by atoms with Gasteiger partial charge in [-0.2, -0.15) is 0 Å². The number of likely N-dealkylation sites (tertiary alicyclic amines) is 1. The Bertz CT molecular complexity index is 494. The molecule has 3 rings (SSSR count). The van der Waals surface area contributed by atoms with E-state index in [4.69, 9.17) is 4.74 Å². The van der Waals surface area contributed by atoms with Crippen LogP contribution in [-0.4, -0.2) is 85.3 Å². The van der Waals surface area contributed by atoms with Gasteiger partial charge in [-0.1, -0.05) is 6.08 Å². The van der Waals surface area contributed by atoms with Gasteiger partial charge in [0.15, 0.2) is 0 Å². The Morgan fingerprint density at radius 3 is 2.62 bits per heavy atom. The molecule has 3 fully saturated rings. The molecule has 0 radical (unpaired) electrons. The molecule has 134 valence electrons. The third-order valence-corrected chi connectivity index (χ3v) is 5.43. The third kappa shape index (κ3) is 3.79. The van der Waals surface area contributed by atoms with Crippen molar-refractivity contribution in [3.63, 3.8) is 0 Å². The predicted octanol–water partition coefficient (Wildman–Crippen LogP) is -0.636. The summed E-state index contributed by atoms with van der Waals surface area (Å²) in [5, 5.41) is 12.1. The summed E-state index contributed by atoms with van der Waals surface area (Å²) in [5.74, 6) is 0.0618. The number of rotatable bonds is 4. The molecule has 3 heterocycles. The fourth-order valence-electron chi connectivity index (χ4n) is 3.84. The fraction of sp³-hybridized carbons (Fsp3) is 0.765. The summed E-state index contributed by atoms with van der Waals surface area (Å²) in [6, 6.07) is -0.131. The van der Waals surface area contributed by atoms with Crippen molar-refractivity contribution in [2.75, 3.05) is 52.5 Å². The summed E-state index contributed by atoms with van der Waals surface area (Å²) in [6.07, 6.45) is 5.61. The van der Waals surface area contributed by atoms with E-state index >= 15 is 0 Å². The molecule has 2 amide bonds. The van der Waals surface area contributed by atoms with E-state index < -0.39 is 0 Å². The summed E-state index contributed by atoms with van der Waals surface area (Å²) >= 11 is 0. The molecule has 1 spiro atoms. The van der Waals surface area contributed by atoms with Crippen molar-refractivity contribution < 1.29 is 19.4 Å². The normalized spacial score (nSPS) is 27.8. The first-order valence-corrected chi connectivity index (χ1v) is 8.80. The van der Waals surface area contributed by atoms with E-state index in [-0.39, 0.29) is 29.9 Å². The van der Waals surface area contributed by atoms with Gasteiger partial charge in [0.05, 0.1) is 31.3 Å². The van der Waals surface area contributed by atoms with Crippen molar-refractivity contribution in [1.82, 2.24) is 15.1 Å². The topological polar surface area (TPSA) is 82.1 Å². The van der Waals surface area contributed by atoms with Gasteiger partial charge in [0.2, 0.25) is 11.8 Å². The van der Waals surface area contributed by atoms with Crippen molar-refractivity contribution in [2.45, 2.75) is 25.3 Å². The number of carbonyl (C=O) groups excluding carboxylic acids is 2. The monoisotopic (exact) mass is 337 g/mol. The Kier molecular flexibility index (Phi) is 5.53. The average molecular weight is 337 g/mol. The Morgan fingerprint density at radius 1 is 1.29 bits per heavy atom. The Balaban J connectivity index is 1.46. The summed E-state index contributed by atoms with van der Waals surface area (Å²) in [4.78, 5) is 28.6. The number of aliphatic hydroxyl groups is 1. The molecule has 7 heteroatoms. The predicted molar refractivity (Wildman–Crippen MR) is 88.3 cm³/mol. The molecule has 0 aromatic rings. The maximum atomic E-state index is 12.3. The quantitative estimate of drug-likeness (QED) is 0.667. The fourth-order valence-corrected chi connectivity index (χ4v) is 3.84. The number of piperidine rings is 1. The maximum absolute atomic E-state index is 12.3. The van der Waals surface area contributed by atoms with E-state index in [0.717, 1.165) is 32.8 Å². The van der Waals surface area contributed by atoms with E-state index in [0.29, 0.717) is 32.4 Å². The van der Waals surface area contributed by atoms with Gasteiger partial charge in [-0.3, -0.25) is 14.5 Å². The van der Waals surface area contributed by atoms with Crippen LogP contribution in [0.3, 0.4) is 0 Å². The maximum Gasteiger partial charge on any atom is 0.246 e. The van der Waals surface area contributed by atoms with Crippen LogP contribution in [0.25, 0.3) is 0 Å². The largest absolute Gasteiger partial charge is 0.394 e. The Labute approximate surface area is 142 Å². The number of nitrogens with one attached hydrogen (secondary N) is 1. The Morgan fingerprint density at radius 2 is 2.00 bits per heavy atom. The lowest BCUT2D eigenvalue weighted by Gasteiger charge is -2.37. The minimum Gasteiger partial charge on any atom is -0.394 e.